The molecule has 1 aromatic carbocycles. The molecule has 32 heavy (non-hydrogen) atoms. The van der Waals surface area contributed by atoms with Crippen molar-refractivity contribution in [2.24, 2.45) is 4.99 Å². The number of furan rings is 2. The minimum atomic E-state index is -0.463. The molecule has 9 heteroatoms. The standard InChI is InChI=1S/C23H16N4O5/c1-30-18-9-7-15(27(28)29)13-17(18)19-10-8-16(32-19)14-24-23-22(20-5-4-12-31-20)25-21-6-2-3-11-26(21)23/h2-14H,1H3. The molecule has 0 saturated carbocycles. The average molecular weight is 428 g/mol. The Balaban J connectivity index is 1.53. The van der Waals surface area contributed by atoms with Crippen molar-refractivity contribution in [1.82, 2.24) is 9.38 Å². The lowest BCUT2D eigenvalue weighted by Gasteiger charge is -2.05. The Bertz CT molecular complexity index is 1450. The Morgan fingerprint density at radius 1 is 1.12 bits per heavy atom. The van der Waals surface area contributed by atoms with Crippen LogP contribution < -0.4 is 4.74 Å². The molecule has 5 rings (SSSR count). The lowest BCUT2D eigenvalue weighted by atomic mass is 10.1. The summed E-state index contributed by atoms with van der Waals surface area (Å²) >= 11 is 0. The van der Waals surface area contributed by atoms with Crippen LogP contribution in [0, 0.1) is 10.1 Å². The number of nitro benzene ring substituents is 1. The fourth-order valence-electron chi connectivity index (χ4n) is 3.38. The first-order chi connectivity index (χ1) is 15.6. The number of fused-ring (bicyclic) bond motifs is 1. The molecule has 0 spiro atoms. The van der Waals surface area contributed by atoms with E-state index >= 15 is 0 Å². The van der Waals surface area contributed by atoms with Gasteiger partial charge in [-0.05, 0) is 42.5 Å². The number of non-ortho nitro benzene ring substituents is 1. The largest absolute Gasteiger partial charge is 0.496 e. The molecule has 4 aromatic heterocycles. The van der Waals surface area contributed by atoms with Crippen LogP contribution in [0.4, 0.5) is 11.5 Å². The molecule has 4 heterocycles. The smallest absolute Gasteiger partial charge is 0.270 e. The molecule has 5 aromatic rings. The van der Waals surface area contributed by atoms with Crippen molar-refractivity contribution in [2.45, 2.75) is 0 Å². The van der Waals surface area contributed by atoms with Gasteiger partial charge in [0.25, 0.3) is 5.69 Å². The predicted molar refractivity (Wildman–Crippen MR) is 117 cm³/mol. The monoisotopic (exact) mass is 428 g/mol. The molecule has 0 radical (unpaired) electrons. The van der Waals surface area contributed by atoms with E-state index in [2.05, 4.69) is 9.98 Å². The van der Waals surface area contributed by atoms with Crippen molar-refractivity contribution in [2.75, 3.05) is 7.11 Å². The van der Waals surface area contributed by atoms with Crippen molar-refractivity contribution in [3.8, 4) is 28.5 Å². The van der Waals surface area contributed by atoms with E-state index in [4.69, 9.17) is 13.6 Å². The van der Waals surface area contributed by atoms with E-state index in [0.29, 0.717) is 40.1 Å². The summed E-state index contributed by atoms with van der Waals surface area (Å²) in [7, 11) is 1.50. The number of nitrogens with zero attached hydrogens (tertiary/aromatic N) is 4. The average Bonchev–Trinajstić information content (AvgIpc) is 3.56. The molecule has 158 valence electrons. The molecule has 0 aliphatic rings. The number of nitro groups is 1. The van der Waals surface area contributed by atoms with Gasteiger partial charge in [0, 0.05) is 18.3 Å². The zero-order chi connectivity index (χ0) is 22.1. The summed E-state index contributed by atoms with van der Waals surface area (Å²) in [4.78, 5) is 19.9. The summed E-state index contributed by atoms with van der Waals surface area (Å²) in [5, 5.41) is 11.2. The molecule has 0 unspecified atom stereocenters. The maximum absolute atomic E-state index is 11.2. The minimum Gasteiger partial charge on any atom is -0.496 e. The Morgan fingerprint density at radius 2 is 2.03 bits per heavy atom. The summed E-state index contributed by atoms with van der Waals surface area (Å²) < 4.78 is 18.6. The molecule has 0 atom stereocenters. The van der Waals surface area contributed by atoms with Crippen molar-refractivity contribution in [3.05, 3.63) is 89.0 Å². The van der Waals surface area contributed by atoms with E-state index in [-0.39, 0.29) is 5.69 Å². The lowest BCUT2D eigenvalue weighted by molar-refractivity contribution is -0.384. The Morgan fingerprint density at radius 3 is 2.81 bits per heavy atom. The van der Waals surface area contributed by atoms with Crippen molar-refractivity contribution >= 4 is 23.4 Å². The van der Waals surface area contributed by atoms with Crippen LogP contribution in [0.5, 0.6) is 5.75 Å². The topological polar surface area (TPSA) is 108 Å². The molecule has 0 aliphatic heterocycles. The van der Waals surface area contributed by atoms with Gasteiger partial charge >= 0.3 is 0 Å². The number of methoxy groups -OCH3 is 1. The second-order valence-electron chi connectivity index (χ2n) is 6.79. The van der Waals surface area contributed by atoms with Gasteiger partial charge < -0.3 is 13.6 Å². The Kier molecular flexibility index (Phi) is 4.75. The van der Waals surface area contributed by atoms with Gasteiger partial charge in [-0.3, -0.25) is 14.5 Å². The summed E-state index contributed by atoms with van der Waals surface area (Å²) in [6.45, 7) is 0. The van der Waals surface area contributed by atoms with E-state index in [1.54, 1.807) is 30.7 Å². The van der Waals surface area contributed by atoms with Crippen molar-refractivity contribution in [3.63, 3.8) is 0 Å². The highest BCUT2D eigenvalue weighted by molar-refractivity contribution is 5.83. The molecule has 0 bridgehead atoms. The number of imidazole rings is 1. The van der Waals surface area contributed by atoms with Crippen LogP contribution >= 0.6 is 0 Å². The Labute approximate surface area is 181 Å². The molecular formula is C23H16N4O5. The molecular weight excluding hydrogens is 412 g/mol. The van der Waals surface area contributed by atoms with Gasteiger partial charge in [0.15, 0.2) is 17.3 Å². The number of hydrogen-bond acceptors (Lipinski definition) is 7. The van der Waals surface area contributed by atoms with Crippen molar-refractivity contribution < 1.29 is 18.5 Å². The first-order valence-electron chi connectivity index (χ1n) is 9.62. The maximum atomic E-state index is 11.2. The number of benzene rings is 1. The van der Waals surface area contributed by atoms with Crippen molar-refractivity contribution in [1.29, 1.82) is 0 Å². The van der Waals surface area contributed by atoms with Crippen LogP contribution in [0.25, 0.3) is 28.4 Å². The second kappa shape index (κ2) is 7.88. The highest BCUT2D eigenvalue weighted by Crippen LogP contribution is 2.35. The molecule has 0 N–H and O–H groups in total. The zero-order valence-corrected chi connectivity index (χ0v) is 16.8. The minimum absolute atomic E-state index is 0.0544. The fourth-order valence-corrected chi connectivity index (χ4v) is 3.38. The molecule has 0 aliphatic carbocycles. The number of pyridine rings is 1. The lowest BCUT2D eigenvalue weighted by Crippen LogP contribution is -1.91. The first kappa shape index (κ1) is 19.3. The summed E-state index contributed by atoms with van der Waals surface area (Å²) in [5.74, 6) is 2.54. The molecule has 0 amide bonds. The van der Waals surface area contributed by atoms with Gasteiger partial charge in [0.05, 0.1) is 30.1 Å². The van der Waals surface area contributed by atoms with Gasteiger partial charge in [-0.2, -0.15) is 0 Å². The summed E-state index contributed by atoms with van der Waals surface area (Å²) in [6.07, 6.45) is 5.01. The van der Waals surface area contributed by atoms with E-state index in [0.717, 1.165) is 5.65 Å². The van der Waals surface area contributed by atoms with Gasteiger partial charge in [0.1, 0.15) is 22.9 Å². The van der Waals surface area contributed by atoms with Gasteiger partial charge in [-0.15, -0.1) is 0 Å². The third kappa shape index (κ3) is 3.41. The maximum Gasteiger partial charge on any atom is 0.270 e. The number of ether oxygens (including phenoxy) is 1. The number of rotatable bonds is 6. The van der Waals surface area contributed by atoms with Crippen LogP contribution in [0.1, 0.15) is 5.76 Å². The van der Waals surface area contributed by atoms with Crippen LogP contribution in [-0.2, 0) is 0 Å². The molecule has 9 nitrogen and oxygen atoms in total. The highest BCUT2D eigenvalue weighted by Gasteiger charge is 2.17. The van der Waals surface area contributed by atoms with Crippen LogP contribution in [0.2, 0.25) is 0 Å². The van der Waals surface area contributed by atoms with E-state index in [9.17, 15) is 10.1 Å². The van der Waals surface area contributed by atoms with Gasteiger partial charge in [0.2, 0.25) is 0 Å². The van der Waals surface area contributed by atoms with E-state index in [1.807, 2.05) is 34.9 Å². The van der Waals surface area contributed by atoms with E-state index < -0.39 is 4.92 Å². The fraction of sp³-hybridized carbons (Fsp3) is 0.0435. The second-order valence-corrected chi connectivity index (χ2v) is 6.79. The van der Waals surface area contributed by atoms with E-state index in [1.165, 1.54) is 25.3 Å². The van der Waals surface area contributed by atoms with Crippen LogP contribution in [-0.4, -0.2) is 27.6 Å². The van der Waals surface area contributed by atoms with Gasteiger partial charge in [-0.1, -0.05) is 6.07 Å². The number of hydrogen-bond donors (Lipinski definition) is 0. The number of aromatic nitrogens is 2. The van der Waals surface area contributed by atoms with Crippen LogP contribution in [0.15, 0.2) is 87.0 Å². The third-order valence-corrected chi connectivity index (χ3v) is 4.86. The summed E-state index contributed by atoms with van der Waals surface area (Å²) in [5.41, 5.74) is 1.76. The number of aliphatic imine (C=N–C) groups is 1. The SMILES string of the molecule is COc1ccc([N+](=O)[O-])cc1-c1ccc(C=Nc2c(-c3ccco3)nc3ccccn23)o1. The quantitative estimate of drug-likeness (QED) is 0.200. The molecule has 0 saturated heterocycles. The normalized spacial score (nSPS) is 11.4. The molecule has 0 fully saturated rings. The first-order valence-corrected chi connectivity index (χ1v) is 9.62. The highest BCUT2D eigenvalue weighted by atomic mass is 16.6. The van der Waals surface area contributed by atoms with Gasteiger partial charge in [-0.25, -0.2) is 9.98 Å². The third-order valence-electron chi connectivity index (χ3n) is 4.86. The zero-order valence-electron chi connectivity index (χ0n) is 16.8. The van der Waals surface area contributed by atoms with Crippen LogP contribution in [0.3, 0.4) is 0 Å². The summed E-state index contributed by atoms with van der Waals surface area (Å²) in [6, 6.07) is 17.1. The Hall–Kier alpha value is -4.66. The predicted octanol–water partition coefficient (Wildman–Crippen LogP) is 5.52.